The first kappa shape index (κ1) is 18.0. The van der Waals surface area contributed by atoms with E-state index in [0.717, 1.165) is 37.6 Å². The molecule has 0 saturated heterocycles. The molecule has 1 heterocycles. The van der Waals surface area contributed by atoms with Crippen LogP contribution < -0.4 is 10.6 Å². The van der Waals surface area contributed by atoms with E-state index in [9.17, 15) is 0 Å². The van der Waals surface area contributed by atoms with Gasteiger partial charge in [-0.3, -0.25) is 4.99 Å². The van der Waals surface area contributed by atoms with Gasteiger partial charge in [0.25, 0.3) is 0 Å². The molecule has 0 radical (unpaired) electrons. The number of nitrogens with one attached hydrogen (secondary N) is 2. The first-order chi connectivity index (χ1) is 11.5. The summed E-state index contributed by atoms with van der Waals surface area (Å²) >= 11 is 0. The molecule has 0 spiro atoms. The molecule has 0 amide bonds. The lowest BCUT2D eigenvalue weighted by molar-refractivity contribution is 0.377. The van der Waals surface area contributed by atoms with Crippen molar-refractivity contribution in [3.05, 3.63) is 48.3 Å². The highest BCUT2D eigenvalue weighted by Crippen LogP contribution is 2.16. The van der Waals surface area contributed by atoms with Crippen LogP contribution in [0.4, 0.5) is 0 Å². The van der Waals surface area contributed by atoms with Gasteiger partial charge in [0, 0.05) is 32.5 Å². The molecule has 0 fully saturated rings. The zero-order chi connectivity index (χ0) is 17.4. The van der Waals surface area contributed by atoms with E-state index in [1.165, 1.54) is 5.56 Å². The van der Waals surface area contributed by atoms with E-state index in [1.54, 1.807) is 6.20 Å². The first-order valence-electron chi connectivity index (χ1n) is 8.51. The second-order valence-electron chi connectivity index (χ2n) is 7.10. The summed E-state index contributed by atoms with van der Waals surface area (Å²) in [5.41, 5.74) is 2.71. The molecule has 0 saturated carbocycles. The van der Waals surface area contributed by atoms with Crippen molar-refractivity contribution in [3.63, 3.8) is 0 Å². The summed E-state index contributed by atoms with van der Waals surface area (Å²) in [6, 6.07) is 10.4. The molecule has 0 bridgehead atoms. The lowest BCUT2D eigenvalue weighted by Gasteiger charge is -2.19. The van der Waals surface area contributed by atoms with Crippen molar-refractivity contribution in [2.75, 3.05) is 20.1 Å². The zero-order valence-corrected chi connectivity index (χ0v) is 15.2. The number of hydrogen-bond donors (Lipinski definition) is 2. The minimum Gasteiger partial charge on any atom is -0.356 e. The molecule has 2 aromatic rings. The van der Waals surface area contributed by atoms with Crippen molar-refractivity contribution in [1.29, 1.82) is 0 Å². The third-order valence-corrected chi connectivity index (χ3v) is 3.80. The Bertz CT molecular complexity index is 621. The Kier molecular flexibility index (Phi) is 6.41. The Balaban J connectivity index is 1.74. The maximum atomic E-state index is 4.27. The fraction of sp³-hybridized carbons (Fsp3) is 0.474. The third kappa shape index (κ3) is 6.07. The molecule has 1 aromatic heterocycles. The molecule has 5 nitrogen and oxygen atoms in total. The van der Waals surface area contributed by atoms with E-state index < -0.39 is 0 Å². The van der Waals surface area contributed by atoms with Gasteiger partial charge in [0.1, 0.15) is 0 Å². The lowest BCUT2D eigenvalue weighted by atomic mass is 9.92. The summed E-state index contributed by atoms with van der Waals surface area (Å²) in [5.74, 6) is 0.868. The van der Waals surface area contributed by atoms with Crippen LogP contribution in [0.2, 0.25) is 0 Å². The first-order valence-corrected chi connectivity index (χ1v) is 8.51. The van der Waals surface area contributed by atoms with E-state index in [-0.39, 0.29) is 0 Å². The second-order valence-corrected chi connectivity index (χ2v) is 7.10. The molecule has 0 aliphatic rings. The number of hydrogen-bond acceptors (Lipinski definition) is 2. The van der Waals surface area contributed by atoms with Crippen LogP contribution in [0, 0.1) is 5.41 Å². The van der Waals surface area contributed by atoms with Crippen LogP contribution in [0.15, 0.2) is 47.7 Å². The molecular weight excluding hydrogens is 298 g/mol. The lowest BCUT2D eigenvalue weighted by Crippen LogP contribution is -2.39. The van der Waals surface area contributed by atoms with Gasteiger partial charge in [0.2, 0.25) is 0 Å². The highest BCUT2D eigenvalue weighted by atomic mass is 15.3. The Morgan fingerprint density at radius 2 is 1.83 bits per heavy atom. The molecule has 0 atom stereocenters. The van der Waals surface area contributed by atoms with Gasteiger partial charge in [-0.05, 0) is 42.0 Å². The average Bonchev–Trinajstić information content (AvgIpc) is 3.07. The van der Waals surface area contributed by atoms with Gasteiger partial charge in [-0.2, -0.15) is 5.10 Å². The van der Waals surface area contributed by atoms with Gasteiger partial charge in [-0.25, -0.2) is 4.68 Å². The van der Waals surface area contributed by atoms with E-state index in [2.05, 4.69) is 65.8 Å². The number of aliphatic imine (C=N–C) groups is 1. The van der Waals surface area contributed by atoms with Gasteiger partial charge in [-0.1, -0.05) is 32.9 Å². The Labute approximate surface area is 145 Å². The largest absolute Gasteiger partial charge is 0.356 e. The molecule has 0 unspecified atom stereocenters. The van der Waals surface area contributed by atoms with Crippen LogP contribution in [0.1, 0.15) is 32.8 Å². The van der Waals surface area contributed by atoms with Crippen molar-refractivity contribution in [2.45, 2.75) is 33.6 Å². The topological polar surface area (TPSA) is 54.2 Å². The average molecular weight is 327 g/mol. The Morgan fingerprint density at radius 1 is 1.12 bits per heavy atom. The van der Waals surface area contributed by atoms with E-state index >= 15 is 0 Å². The molecular formula is C19H29N5. The van der Waals surface area contributed by atoms with Crippen LogP contribution in [-0.4, -0.2) is 35.9 Å². The Hall–Kier alpha value is -2.30. The van der Waals surface area contributed by atoms with Gasteiger partial charge < -0.3 is 10.6 Å². The molecule has 0 aliphatic heterocycles. The van der Waals surface area contributed by atoms with Crippen LogP contribution in [0.3, 0.4) is 0 Å². The monoisotopic (exact) mass is 327 g/mol. The van der Waals surface area contributed by atoms with Crippen molar-refractivity contribution >= 4 is 5.96 Å². The van der Waals surface area contributed by atoms with Crippen LogP contribution in [0.5, 0.6) is 0 Å². The second kappa shape index (κ2) is 8.52. The number of aromatic nitrogens is 2. The van der Waals surface area contributed by atoms with Gasteiger partial charge in [0.15, 0.2) is 5.96 Å². The molecule has 2 rings (SSSR count). The predicted octanol–water partition coefficient (Wildman–Crippen LogP) is 3.02. The van der Waals surface area contributed by atoms with Crippen LogP contribution in [0.25, 0.3) is 5.69 Å². The number of benzene rings is 1. The number of guanidine groups is 1. The summed E-state index contributed by atoms with van der Waals surface area (Å²) in [6.07, 6.45) is 5.81. The molecule has 2 N–H and O–H groups in total. The summed E-state index contributed by atoms with van der Waals surface area (Å²) in [5, 5.41) is 11.0. The van der Waals surface area contributed by atoms with Crippen molar-refractivity contribution in [3.8, 4) is 5.69 Å². The minimum absolute atomic E-state index is 0.335. The molecule has 24 heavy (non-hydrogen) atoms. The standard InChI is InChI=1S/C19H29N5/c1-19(2,3)11-14-22-18(20-4)21-13-10-16-6-8-17(9-7-16)24-15-5-12-23-24/h5-9,12,15H,10-11,13-14H2,1-4H3,(H2,20,21,22). The number of nitrogens with zero attached hydrogens (tertiary/aromatic N) is 3. The van der Waals surface area contributed by atoms with E-state index in [1.807, 2.05) is 24.0 Å². The fourth-order valence-electron chi connectivity index (χ4n) is 2.34. The summed E-state index contributed by atoms with van der Waals surface area (Å²) < 4.78 is 1.86. The summed E-state index contributed by atoms with van der Waals surface area (Å²) in [4.78, 5) is 4.27. The van der Waals surface area contributed by atoms with Crippen molar-refractivity contribution in [2.24, 2.45) is 10.4 Å². The highest BCUT2D eigenvalue weighted by Gasteiger charge is 2.09. The van der Waals surface area contributed by atoms with Gasteiger partial charge >= 0.3 is 0 Å². The van der Waals surface area contributed by atoms with E-state index in [0.29, 0.717) is 5.41 Å². The van der Waals surface area contributed by atoms with Gasteiger partial charge in [-0.15, -0.1) is 0 Å². The van der Waals surface area contributed by atoms with E-state index in [4.69, 9.17) is 0 Å². The smallest absolute Gasteiger partial charge is 0.190 e. The minimum atomic E-state index is 0.335. The fourth-order valence-corrected chi connectivity index (χ4v) is 2.34. The molecule has 1 aromatic carbocycles. The highest BCUT2D eigenvalue weighted by molar-refractivity contribution is 5.79. The molecule has 5 heteroatoms. The zero-order valence-electron chi connectivity index (χ0n) is 15.2. The maximum absolute atomic E-state index is 4.27. The molecule has 0 aliphatic carbocycles. The maximum Gasteiger partial charge on any atom is 0.190 e. The quantitative estimate of drug-likeness (QED) is 0.633. The third-order valence-electron chi connectivity index (χ3n) is 3.80. The predicted molar refractivity (Wildman–Crippen MR) is 101 cm³/mol. The number of rotatable bonds is 6. The van der Waals surface area contributed by atoms with Crippen molar-refractivity contribution in [1.82, 2.24) is 20.4 Å². The summed E-state index contributed by atoms with van der Waals surface area (Å²) in [7, 11) is 1.81. The van der Waals surface area contributed by atoms with Crippen LogP contribution in [-0.2, 0) is 6.42 Å². The normalized spacial score (nSPS) is 12.2. The van der Waals surface area contributed by atoms with Gasteiger partial charge in [0.05, 0.1) is 5.69 Å². The SMILES string of the molecule is CN=C(NCCc1ccc(-n2cccn2)cc1)NCCC(C)(C)C. The van der Waals surface area contributed by atoms with Crippen LogP contribution >= 0.6 is 0 Å². The summed E-state index contributed by atoms with van der Waals surface area (Å²) in [6.45, 7) is 8.53. The molecule has 130 valence electrons. The Morgan fingerprint density at radius 3 is 2.42 bits per heavy atom. The van der Waals surface area contributed by atoms with Crippen molar-refractivity contribution < 1.29 is 0 Å².